The molecule has 0 radical (unpaired) electrons. The Morgan fingerprint density at radius 1 is 0.903 bits per heavy atom. The van der Waals surface area contributed by atoms with Crippen molar-refractivity contribution >= 4 is 24.2 Å². The Morgan fingerprint density at radius 2 is 1.65 bits per heavy atom. The highest BCUT2D eigenvalue weighted by Gasteiger charge is 2.09. The van der Waals surface area contributed by atoms with E-state index in [1.54, 1.807) is 36.4 Å². The van der Waals surface area contributed by atoms with Crippen LogP contribution in [0.2, 0.25) is 0 Å². The van der Waals surface area contributed by atoms with Crippen LogP contribution in [0.25, 0.3) is 6.08 Å². The molecule has 1 amide bonds. The molecule has 31 heavy (non-hydrogen) atoms. The van der Waals surface area contributed by atoms with Crippen molar-refractivity contribution in [2.24, 2.45) is 5.10 Å². The number of esters is 1. The van der Waals surface area contributed by atoms with Crippen LogP contribution >= 0.6 is 0 Å². The topological polar surface area (TPSA) is 77.0 Å². The molecule has 0 aromatic heterocycles. The number of hydrazone groups is 1. The summed E-state index contributed by atoms with van der Waals surface area (Å²) in [5, 5.41) is 3.99. The van der Waals surface area contributed by atoms with Gasteiger partial charge >= 0.3 is 5.97 Å². The fourth-order valence-corrected chi connectivity index (χ4v) is 2.77. The summed E-state index contributed by atoms with van der Waals surface area (Å²) in [6, 6.07) is 21.7. The SMILES string of the molecule is COc1cc(/C=N/NC(=O)c2ccccc2C)ccc1OC(=O)/C=C/c1ccccc1. The van der Waals surface area contributed by atoms with E-state index >= 15 is 0 Å². The molecule has 0 bridgehead atoms. The minimum absolute atomic E-state index is 0.284. The average Bonchev–Trinajstić information content (AvgIpc) is 2.79. The maximum Gasteiger partial charge on any atom is 0.336 e. The molecule has 0 unspecified atom stereocenters. The predicted octanol–water partition coefficient (Wildman–Crippen LogP) is 4.39. The van der Waals surface area contributed by atoms with Crippen LogP contribution in [0.5, 0.6) is 11.5 Å². The number of hydrogen-bond donors (Lipinski definition) is 1. The van der Waals surface area contributed by atoms with Gasteiger partial charge in [0.1, 0.15) is 0 Å². The van der Waals surface area contributed by atoms with Crippen molar-refractivity contribution in [1.29, 1.82) is 0 Å². The van der Waals surface area contributed by atoms with Gasteiger partial charge in [-0.15, -0.1) is 0 Å². The number of carbonyl (C=O) groups excluding carboxylic acids is 2. The van der Waals surface area contributed by atoms with Crippen molar-refractivity contribution < 1.29 is 19.1 Å². The summed E-state index contributed by atoms with van der Waals surface area (Å²) < 4.78 is 10.7. The molecule has 0 spiro atoms. The molecule has 0 aliphatic heterocycles. The summed E-state index contributed by atoms with van der Waals surface area (Å²) in [5.74, 6) is -0.159. The Hall–Kier alpha value is -4.19. The molecule has 1 N–H and O–H groups in total. The first kappa shape index (κ1) is 21.5. The molecule has 0 aliphatic carbocycles. The first-order chi connectivity index (χ1) is 15.1. The van der Waals surface area contributed by atoms with Crippen LogP contribution in [-0.4, -0.2) is 25.2 Å². The van der Waals surface area contributed by atoms with Crippen molar-refractivity contribution in [2.45, 2.75) is 6.92 Å². The van der Waals surface area contributed by atoms with E-state index in [-0.39, 0.29) is 11.7 Å². The molecule has 0 saturated carbocycles. The average molecular weight is 414 g/mol. The molecule has 3 rings (SSSR count). The molecule has 0 heterocycles. The van der Waals surface area contributed by atoms with E-state index in [2.05, 4.69) is 10.5 Å². The number of nitrogens with one attached hydrogen (secondary N) is 1. The van der Waals surface area contributed by atoms with Gasteiger partial charge in [-0.05, 0) is 54.0 Å². The van der Waals surface area contributed by atoms with Gasteiger partial charge in [0, 0.05) is 11.6 Å². The molecule has 6 nitrogen and oxygen atoms in total. The van der Waals surface area contributed by atoms with Gasteiger partial charge in [-0.1, -0.05) is 48.5 Å². The second kappa shape index (κ2) is 10.5. The van der Waals surface area contributed by atoms with Gasteiger partial charge in [0.25, 0.3) is 5.91 Å². The lowest BCUT2D eigenvalue weighted by atomic mass is 10.1. The monoisotopic (exact) mass is 414 g/mol. The maximum atomic E-state index is 12.2. The second-order valence-electron chi connectivity index (χ2n) is 6.59. The Bertz CT molecular complexity index is 1120. The maximum absolute atomic E-state index is 12.2. The minimum atomic E-state index is -0.519. The summed E-state index contributed by atoms with van der Waals surface area (Å²) in [6.07, 6.45) is 4.51. The van der Waals surface area contributed by atoms with Gasteiger partial charge in [0.15, 0.2) is 11.5 Å². The number of benzene rings is 3. The third kappa shape index (κ3) is 6.14. The number of carbonyl (C=O) groups is 2. The van der Waals surface area contributed by atoms with Crippen LogP contribution in [0.4, 0.5) is 0 Å². The third-order valence-corrected chi connectivity index (χ3v) is 4.38. The van der Waals surface area contributed by atoms with E-state index < -0.39 is 5.97 Å². The Labute approximate surface area is 180 Å². The highest BCUT2D eigenvalue weighted by molar-refractivity contribution is 5.96. The van der Waals surface area contributed by atoms with Gasteiger partial charge < -0.3 is 9.47 Å². The minimum Gasteiger partial charge on any atom is -0.493 e. The number of hydrogen-bond acceptors (Lipinski definition) is 5. The van der Waals surface area contributed by atoms with Gasteiger partial charge in [0.05, 0.1) is 13.3 Å². The normalized spacial score (nSPS) is 10.9. The second-order valence-corrected chi connectivity index (χ2v) is 6.59. The molecule has 3 aromatic carbocycles. The summed E-state index contributed by atoms with van der Waals surface area (Å²) in [4.78, 5) is 24.3. The predicted molar refractivity (Wildman–Crippen MR) is 120 cm³/mol. The lowest BCUT2D eigenvalue weighted by Gasteiger charge is -2.08. The molecule has 6 heteroatoms. The number of amides is 1. The largest absolute Gasteiger partial charge is 0.493 e. The summed E-state index contributed by atoms with van der Waals surface area (Å²) in [6.45, 7) is 1.86. The molecule has 0 aliphatic rings. The van der Waals surface area contributed by atoms with E-state index in [0.29, 0.717) is 16.9 Å². The Morgan fingerprint density at radius 3 is 2.39 bits per heavy atom. The molecule has 0 fully saturated rings. The van der Waals surface area contributed by atoms with Gasteiger partial charge in [-0.25, -0.2) is 10.2 Å². The van der Waals surface area contributed by atoms with E-state index in [1.165, 1.54) is 19.4 Å². The lowest BCUT2D eigenvalue weighted by Crippen LogP contribution is -2.18. The van der Waals surface area contributed by atoms with Crippen LogP contribution in [0.1, 0.15) is 27.0 Å². The fourth-order valence-electron chi connectivity index (χ4n) is 2.77. The standard InChI is InChI=1S/C25H22N2O4/c1-18-8-6-7-11-21(18)25(29)27-26-17-20-12-14-22(23(16-20)30-2)31-24(28)15-13-19-9-4-3-5-10-19/h3-17H,1-2H3,(H,27,29)/b15-13+,26-17+. The van der Waals surface area contributed by atoms with Gasteiger partial charge in [-0.2, -0.15) is 5.10 Å². The van der Waals surface area contributed by atoms with Crippen LogP contribution < -0.4 is 14.9 Å². The van der Waals surface area contributed by atoms with E-state index in [4.69, 9.17) is 9.47 Å². The van der Waals surface area contributed by atoms with Crippen LogP contribution in [0.15, 0.2) is 84.0 Å². The van der Waals surface area contributed by atoms with Crippen molar-refractivity contribution in [1.82, 2.24) is 5.43 Å². The zero-order valence-electron chi connectivity index (χ0n) is 17.2. The van der Waals surface area contributed by atoms with Gasteiger partial charge in [-0.3, -0.25) is 4.79 Å². The highest BCUT2D eigenvalue weighted by Crippen LogP contribution is 2.27. The molecule has 3 aromatic rings. The molecule has 156 valence electrons. The van der Waals surface area contributed by atoms with Crippen LogP contribution in [0.3, 0.4) is 0 Å². The first-order valence-electron chi connectivity index (χ1n) is 9.59. The zero-order valence-corrected chi connectivity index (χ0v) is 17.2. The third-order valence-electron chi connectivity index (χ3n) is 4.38. The fraction of sp³-hybridized carbons (Fsp3) is 0.0800. The molecule has 0 atom stereocenters. The smallest absolute Gasteiger partial charge is 0.336 e. The Balaban J connectivity index is 1.63. The zero-order chi connectivity index (χ0) is 22.1. The number of aryl methyl sites for hydroxylation is 1. The first-order valence-corrected chi connectivity index (χ1v) is 9.59. The van der Waals surface area contributed by atoms with E-state index in [1.807, 2.05) is 49.4 Å². The van der Waals surface area contributed by atoms with Crippen molar-refractivity contribution in [2.75, 3.05) is 7.11 Å². The van der Waals surface area contributed by atoms with Gasteiger partial charge in [0.2, 0.25) is 0 Å². The van der Waals surface area contributed by atoms with Crippen LogP contribution in [0, 0.1) is 6.92 Å². The molecular formula is C25H22N2O4. The quantitative estimate of drug-likeness (QED) is 0.205. The number of methoxy groups -OCH3 is 1. The number of nitrogens with zero attached hydrogens (tertiary/aromatic N) is 1. The number of ether oxygens (including phenoxy) is 2. The highest BCUT2D eigenvalue weighted by atomic mass is 16.6. The summed E-state index contributed by atoms with van der Waals surface area (Å²) in [5.41, 5.74) is 5.49. The summed E-state index contributed by atoms with van der Waals surface area (Å²) >= 11 is 0. The van der Waals surface area contributed by atoms with E-state index in [0.717, 1.165) is 11.1 Å². The van der Waals surface area contributed by atoms with Crippen molar-refractivity contribution in [3.63, 3.8) is 0 Å². The molecular weight excluding hydrogens is 392 g/mol. The summed E-state index contributed by atoms with van der Waals surface area (Å²) in [7, 11) is 1.48. The van der Waals surface area contributed by atoms with Crippen molar-refractivity contribution in [3.05, 3.63) is 101 Å². The Kier molecular flexibility index (Phi) is 7.32. The number of rotatable bonds is 7. The lowest BCUT2D eigenvalue weighted by molar-refractivity contribution is -0.129. The molecule has 0 saturated heterocycles. The van der Waals surface area contributed by atoms with E-state index in [9.17, 15) is 9.59 Å². The van der Waals surface area contributed by atoms with Crippen molar-refractivity contribution in [3.8, 4) is 11.5 Å². The van der Waals surface area contributed by atoms with Crippen LogP contribution in [-0.2, 0) is 4.79 Å².